The highest BCUT2D eigenvalue weighted by Crippen LogP contribution is 2.31. The van der Waals surface area contributed by atoms with Gasteiger partial charge in [-0.25, -0.2) is 0 Å². The molecular formula is C13H16ClNO. The minimum atomic E-state index is -0.0798. The summed E-state index contributed by atoms with van der Waals surface area (Å²) in [6.45, 7) is 6.16. The normalized spacial score (nSPS) is 13.6. The number of rotatable bonds is 2. The van der Waals surface area contributed by atoms with Crippen LogP contribution in [0.5, 0.6) is 0 Å². The summed E-state index contributed by atoms with van der Waals surface area (Å²) < 4.78 is 5.72. The first kappa shape index (κ1) is 11.5. The van der Waals surface area contributed by atoms with Gasteiger partial charge in [-0.15, -0.1) is 0 Å². The molecule has 1 heterocycles. The maximum absolute atomic E-state index is 6.13. The number of fused-ring (bicyclic) bond motifs is 1. The maximum Gasteiger partial charge on any atom is 0.152 e. The highest BCUT2D eigenvalue weighted by atomic mass is 35.5. The Balaban J connectivity index is 2.56. The van der Waals surface area contributed by atoms with Crippen molar-refractivity contribution in [1.82, 2.24) is 0 Å². The molecule has 2 rings (SSSR count). The maximum atomic E-state index is 6.13. The fourth-order valence-electron chi connectivity index (χ4n) is 1.76. The van der Waals surface area contributed by atoms with Crippen molar-refractivity contribution in [3.05, 3.63) is 34.5 Å². The Hall–Kier alpha value is -0.990. The lowest BCUT2D eigenvalue weighted by atomic mass is 10.0. The molecule has 0 aliphatic rings. The second-order valence-corrected chi connectivity index (χ2v) is 4.99. The van der Waals surface area contributed by atoms with Gasteiger partial charge >= 0.3 is 0 Å². The molecule has 1 unspecified atom stereocenters. The Labute approximate surface area is 100 Å². The van der Waals surface area contributed by atoms with E-state index in [1.165, 1.54) is 0 Å². The van der Waals surface area contributed by atoms with E-state index in [2.05, 4.69) is 19.9 Å². The number of halogens is 1. The molecule has 16 heavy (non-hydrogen) atoms. The van der Waals surface area contributed by atoms with Gasteiger partial charge < -0.3 is 10.2 Å². The van der Waals surface area contributed by atoms with Crippen molar-refractivity contribution in [1.29, 1.82) is 0 Å². The average Bonchev–Trinajstić information content (AvgIpc) is 2.60. The Morgan fingerprint density at radius 3 is 2.56 bits per heavy atom. The molecule has 3 heteroatoms. The Morgan fingerprint density at radius 2 is 1.94 bits per heavy atom. The minimum absolute atomic E-state index is 0.0798. The van der Waals surface area contributed by atoms with E-state index in [1.54, 1.807) is 0 Å². The van der Waals surface area contributed by atoms with Crippen LogP contribution in [0, 0.1) is 12.8 Å². The molecule has 0 bridgehead atoms. The third kappa shape index (κ3) is 1.95. The second-order valence-electron chi connectivity index (χ2n) is 4.58. The quantitative estimate of drug-likeness (QED) is 0.856. The van der Waals surface area contributed by atoms with E-state index in [9.17, 15) is 0 Å². The number of furan rings is 1. The van der Waals surface area contributed by atoms with E-state index in [1.807, 2.05) is 19.1 Å². The van der Waals surface area contributed by atoms with Gasteiger partial charge in [-0.2, -0.15) is 0 Å². The van der Waals surface area contributed by atoms with Crippen LogP contribution in [-0.4, -0.2) is 0 Å². The average molecular weight is 238 g/mol. The molecule has 0 aliphatic carbocycles. The predicted molar refractivity (Wildman–Crippen MR) is 67.7 cm³/mol. The highest BCUT2D eigenvalue weighted by molar-refractivity contribution is 6.34. The standard InChI is InChI=1S/C13H16ClNO/c1-7(2)12(15)11-6-9-4-8(3)5-10(14)13(9)16-11/h4-7,12H,15H2,1-3H3. The molecule has 0 aliphatic heterocycles. The largest absolute Gasteiger partial charge is 0.458 e. The molecule has 0 amide bonds. The van der Waals surface area contributed by atoms with Crippen LogP contribution in [0.1, 0.15) is 31.2 Å². The molecule has 0 saturated heterocycles. The summed E-state index contributed by atoms with van der Waals surface area (Å²) in [7, 11) is 0. The molecule has 1 atom stereocenters. The third-order valence-corrected chi connectivity index (χ3v) is 3.06. The van der Waals surface area contributed by atoms with Crippen molar-refractivity contribution >= 4 is 22.6 Å². The summed E-state index contributed by atoms with van der Waals surface area (Å²) in [5, 5.41) is 1.67. The van der Waals surface area contributed by atoms with Crippen LogP contribution in [0.25, 0.3) is 11.0 Å². The fraction of sp³-hybridized carbons (Fsp3) is 0.385. The molecule has 1 aromatic heterocycles. The first-order valence-electron chi connectivity index (χ1n) is 5.44. The van der Waals surface area contributed by atoms with Crippen LogP contribution in [0.4, 0.5) is 0 Å². The minimum Gasteiger partial charge on any atom is -0.458 e. The molecule has 2 nitrogen and oxygen atoms in total. The van der Waals surface area contributed by atoms with E-state index in [0.29, 0.717) is 10.9 Å². The van der Waals surface area contributed by atoms with Crippen LogP contribution >= 0.6 is 11.6 Å². The van der Waals surface area contributed by atoms with Gasteiger partial charge in [-0.05, 0) is 36.6 Å². The second kappa shape index (κ2) is 4.11. The van der Waals surface area contributed by atoms with Crippen LogP contribution in [0.2, 0.25) is 5.02 Å². The molecule has 0 radical (unpaired) electrons. The number of benzene rings is 1. The van der Waals surface area contributed by atoms with E-state index in [-0.39, 0.29) is 6.04 Å². The lowest BCUT2D eigenvalue weighted by molar-refractivity contribution is 0.418. The number of nitrogens with two attached hydrogens (primary N) is 1. The van der Waals surface area contributed by atoms with Crippen LogP contribution in [-0.2, 0) is 0 Å². The first-order valence-corrected chi connectivity index (χ1v) is 5.82. The first-order chi connectivity index (χ1) is 7.49. The Morgan fingerprint density at radius 1 is 1.25 bits per heavy atom. The molecule has 86 valence electrons. The van der Waals surface area contributed by atoms with Crippen LogP contribution in [0.15, 0.2) is 22.6 Å². The molecule has 2 aromatic rings. The predicted octanol–water partition coefficient (Wildman–Crippen LogP) is 4.05. The fourth-order valence-corrected chi connectivity index (χ4v) is 2.08. The lowest BCUT2D eigenvalue weighted by Crippen LogP contribution is -2.15. The molecule has 0 spiro atoms. The zero-order valence-electron chi connectivity index (χ0n) is 9.75. The van der Waals surface area contributed by atoms with E-state index in [0.717, 1.165) is 22.3 Å². The zero-order chi connectivity index (χ0) is 11.9. The van der Waals surface area contributed by atoms with Crippen molar-refractivity contribution in [3.8, 4) is 0 Å². The SMILES string of the molecule is Cc1cc(Cl)c2oc(C(N)C(C)C)cc2c1. The van der Waals surface area contributed by atoms with Crippen LogP contribution < -0.4 is 5.73 Å². The van der Waals surface area contributed by atoms with Gasteiger partial charge in [0, 0.05) is 5.39 Å². The summed E-state index contributed by atoms with van der Waals surface area (Å²) in [5.41, 5.74) is 7.92. The van der Waals surface area contributed by atoms with Gasteiger partial charge in [0.25, 0.3) is 0 Å². The summed E-state index contributed by atoms with van der Waals surface area (Å²) in [4.78, 5) is 0. The van der Waals surface area contributed by atoms with Crippen molar-refractivity contribution < 1.29 is 4.42 Å². The Kier molecular flexibility index (Phi) is 2.96. The molecule has 0 fully saturated rings. The monoisotopic (exact) mass is 237 g/mol. The van der Waals surface area contributed by atoms with Gasteiger partial charge in [-0.1, -0.05) is 25.4 Å². The van der Waals surface area contributed by atoms with Crippen molar-refractivity contribution in [2.75, 3.05) is 0 Å². The van der Waals surface area contributed by atoms with Gasteiger partial charge in [0.1, 0.15) is 5.76 Å². The summed E-state index contributed by atoms with van der Waals surface area (Å²) >= 11 is 6.13. The molecule has 0 saturated carbocycles. The van der Waals surface area contributed by atoms with Gasteiger partial charge in [0.05, 0.1) is 11.1 Å². The topological polar surface area (TPSA) is 39.2 Å². The lowest BCUT2D eigenvalue weighted by Gasteiger charge is -2.11. The molecular weight excluding hydrogens is 222 g/mol. The molecule has 2 N–H and O–H groups in total. The van der Waals surface area contributed by atoms with E-state index >= 15 is 0 Å². The smallest absolute Gasteiger partial charge is 0.152 e. The van der Waals surface area contributed by atoms with E-state index in [4.69, 9.17) is 21.8 Å². The zero-order valence-corrected chi connectivity index (χ0v) is 10.5. The number of hydrogen-bond donors (Lipinski definition) is 1. The van der Waals surface area contributed by atoms with Crippen LogP contribution in [0.3, 0.4) is 0 Å². The summed E-state index contributed by atoms with van der Waals surface area (Å²) in [6.07, 6.45) is 0. The summed E-state index contributed by atoms with van der Waals surface area (Å²) in [5.74, 6) is 1.15. The van der Waals surface area contributed by atoms with Gasteiger partial charge in [0.15, 0.2) is 5.58 Å². The molecule has 1 aromatic carbocycles. The van der Waals surface area contributed by atoms with Crippen molar-refractivity contribution in [3.63, 3.8) is 0 Å². The third-order valence-electron chi connectivity index (χ3n) is 2.78. The van der Waals surface area contributed by atoms with Crippen molar-refractivity contribution in [2.45, 2.75) is 26.8 Å². The van der Waals surface area contributed by atoms with Gasteiger partial charge in [0.2, 0.25) is 0 Å². The summed E-state index contributed by atoms with van der Waals surface area (Å²) in [6, 6.07) is 5.86. The number of aryl methyl sites for hydroxylation is 1. The van der Waals surface area contributed by atoms with E-state index < -0.39 is 0 Å². The Bertz CT molecular complexity index is 516. The van der Waals surface area contributed by atoms with Gasteiger partial charge in [-0.3, -0.25) is 0 Å². The number of hydrogen-bond acceptors (Lipinski definition) is 2. The highest BCUT2D eigenvalue weighted by Gasteiger charge is 2.16. The van der Waals surface area contributed by atoms with Crippen molar-refractivity contribution in [2.24, 2.45) is 11.7 Å².